The Morgan fingerprint density at radius 2 is 1.52 bits per heavy atom. The Labute approximate surface area is 117 Å². The quantitative estimate of drug-likeness (QED) is 0.513. The molecule has 0 amide bonds. The van der Waals surface area contributed by atoms with Crippen LogP contribution in [0.1, 0.15) is 0 Å². The Morgan fingerprint density at radius 1 is 0.810 bits per heavy atom. The maximum atomic E-state index is 13.7. The van der Waals surface area contributed by atoms with Gasteiger partial charge in [0.05, 0.1) is 6.20 Å². The lowest BCUT2D eigenvalue weighted by molar-refractivity contribution is 0.491. The number of halogens is 4. The molecular formula is C15H8F4N2. The Bertz CT molecular complexity index is 811. The molecule has 21 heavy (non-hydrogen) atoms. The third-order valence-corrected chi connectivity index (χ3v) is 3.00. The van der Waals surface area contributed by atoms with E-state index >= 15 is 0 Å². The molecule has 106 valence electrons. The molecule has 0 N–H and O–H groups in total. The average Bonchev–Trinajstić information content (AvgIpc) is 2.92. The first-order chi connectivity index (χ1) is 10.1. The summed E-state index contributed by atoms with van der Waals surface area (Å²) >= 11 is 0. The lowest BCUT2D eigenvalue weighted by Crippen LogP contribution is -2.00. The monoisotopic (exact) mass is 292 g/mol. The molecule has 3 rings (SSSR count). The minimum absolute atomic E-state index is 0.253. The molecule has 0 fully saturated rings. The second kappa shape index (κ2) is 5.05. The minimum atomic E-state index is -1.28. The molecule has 0 bridgehead atoms. The van der Waals surface area contributed by atoms with Crippen LogP contribution in [0.5, 0.6) is 0 Å². The molecule has 0 atom stereocenters. The molecule has 0 aliphatic heterocycles. The second-order valence-corrected chi connectivity index (χ2v) is 4.37. The number of hydrogen-bond donors (Lipinski definition) is 0. The zero-order valence-corrected chi connectivity index (χ0v) is 10.5. The van der Waals surface area contributed by atoms with Gasteiger partial charge < -0.3 is 0 Å². The first-order valence-electron chi connectivity index (χ1n) is 6.01. The summed E-state index contributed by atoms with van der Waals surface area (Å²) in [7, 11) is 0. The van der Waals surface area contributed by atoms with Gasteiger partial charge in [-0.25, -0.2) is 22.2 Å². The van der Waals surface area contributed by atoms with Crippen molar-refractivity contribution in [2.24, 2.45) is 0 Å². The molecule has 2 nitrogen and oxygen atoms in total. The van der Waals surface area contributed by atoms with Crippen LogP contribution in [0.4, 0.5) is 17.6 Å². The van der Waals surface area contributed by atoms with Crippen LogP contribution in [-0.2, 0) is 0 Å². The van der Waals surface area contributed by atoms with E-state index in [-0.39, 0.29) is 11.3 Å². The molecule has 0 radical (unpaired) electrons. The fourth-order valence-electron chi connectivity index (χ4n) is 1.98. The van der Waals surface area contributed by atoms with Gasteiger partial charge in [-0.1, -0.05) is 18.2 Å². The molecule has 0 aliphatic carbocycles. The smallest absolute Gasteiger partial charge is 0.161 e. The van der Waals surface area contributed by atoms with Gasteiger partial charge in [0.1, 0.15) is 11.5 Å². The van der Waals surface area contributed by atoms with Crippen LogP contribution in [0, 0.1) is 23.3 Å². The Morgan fingerprint density at radius 3 is 2.29 bits per heavy atom. The Kier molecular flexibility index (Phi) is 3.21. The predicted octanol–water partition coefficient (Wildman–Crippen LogP) is 4.10. The van der Waals surface area contributed by atoms with E-state index in [4.69, 9.17) is 0 Å². The molecule has 6 heteroatoms. The number of hydrogen-bond acceptors (Lipinski definition) is 1. The van der Waals surface area contributed by atoms with E-state index in [9.17, 15) is 17.6 Å². The molecule has 0 saturated heterocycles. The van der Waals surface area contributed by atoms with E-state index in [1.54, 1.807) is 6.07 Å². The molecule has 1 aromatic heterocycles. The molecule has 0 spiro atoms. The van der Waals surface area contributed by atoms with Gasteiger partial charge in [0, 0.05) is 29.5 Å². The molecule has 0 unspecified atom stereocenters. The van der Waals surface area contributed by atoms with Crippen molar-refractivity contribution in [3.63, 3.8) is 0 Å². The lowest BCUT2D eigenvalue weighted by Gasteiger charge is -2.04. The summed E-state index contributed by atoms with van der Waals surface area (Å²) in [6.45, 7) is 0. The van der Waals surface area contributed by atoms with Crippen molar-refractivity contribution in [1.82, 2.24) is 9.78 Å². The van der Waals surface area contributed by atoms with Crippen LogP contribution >= 0.6 is 0 Å². The van der Waals surface area contributed by atoms with Crippen molar-refractivity contribution in [2.75, 3.05) is 0 Å². The third kappa shape index (κ3) is 2.40. The van der Waals surface area contributed by atoms with E-state index in [0.29, 0.717) is 17.7 Å². The molecule has 0 aliphatic rings. The summed E-state index contributed by atoms with van der Waals surface area (Å²) in [5.41, 5.74) is 0.431. The minimum Gasteiger partial charge on any atom is -0.237 e. The summed E-state index contributed by atoms with van der Waals surface area (Å²) in [6, 6.07) is 7.15. The first kappa shape index (κ1) is 13.4. The standard InChI is InChI=1S/C15H8F4N2/c16-11-4-2-1-3-10(11)9-7-20-21(8-9)15-6-13(18)12(17)5-14(15)19/h1-8H. The lowest BCUT2D eigenvalue weighted by atomic mass is 10.1. The van der Waals surface area contributed by atoms with Crippen molar-refractivity contribution in [1.29, 1.82) is 0 Å². The third-order valence-electron chi connectivity index (χ3n) is 3.00. The average molecular weight is 292 g/mol. The van der Waals surface area contributed by atoms with Gasteiger partial charge >= 0.3 is 0 Å². The summed E-state index contributed by atoms with van der Waals surface area (Å²) in [6.07, 6.45) is 2.66. The van der Waals surface area contributed by atoms with E-state index in [0.717, 1.165) is 4.68 Å². The number of aromatic nitrogens is 2. The van der Waals surface area contributed by atoms with Crippen LogP contribution in [-0.4, -0.2) is 9.78 Å². The van der Waals surface area contributed by atoms with E-state index in [2.05, 4.69) is 5.10 Å². The fraction of sp³-hybridized carbons (Fsp3) is 0. The number of benzene rings is 2. The fourth-order valence-corrected chi connectivity index (χ4v) is 1.98. The topological polar surface area (TPSA) is 17.8 Å². The first-order valence-corrected chi connectivity index (χ1v) is 6.01. The Hall–Kier alpha value is -2.63. The number of rotatable bonds is 2. The van der Waals surface area contributed by atoms with Crippen molar-refractivity contribution >= 4 is 0 Å². The van der Waals surface area contributed by atoms with Gasteiger partial charge in [-0.05, 0) is 6.07 Å². The highest BCUT2D eigenvalue weighted by Crippen LogP contribution is 2.24. The SMILES string of the molecule is Fc1cc(F)c(-n2cc(-c3ccccc3F)cn2)cc1F. The largest absolute Gasteiger partial charge is 0.237 e. The normalized spacial score (nSPS) is 10.9. The number of nitrogens with zero attached hydrogens (tertiary/aromatic N) is 2. The predicted molar refractivity (Wildman–Crippen MR) is 68.8 cm³/mol. The highest BCUT2D eigenvalue weighted by molar-refractivity contribution is 5.62. The van der Waals surface area contributed by atoms with Crippen LogP contribution in [0.15, 0.2) is 48.8 Å². The van der Waals surface area contributed by atoms with Gasteiger partial charge in [-0.2, -0.15) is 5.10 Å². The maximum absolute atomic E-state index is 13.7. The molecule has 2 aromatic carbocycles. The zero-order valence-electron chi connectivity index (χ0n) is 10.5. The molecular weight excluding hydrogens is 284 g/mol. The molecule has 3 aromatic rings. The van der Waals surface area contributed by atoms with Gasteiger partial charge in [0.15, 0.2) is 17.5 Å². The zero-order chi connectivity index (χ0) is 15.0. The molecule has 0 saturated carbocycles. The van der Waals surface area contributed by atoms with E-state index in [1.807, 2.05) is 0 Å². The van der Waals surface area contributed by atoms with Crippen LogP contribution in [0.2, 0.25) is 0 Å². The van der Waals surface area contributed by atoms with Gasteiger partial charge in [0.2, 0.25) is 0 Å². The van der Waals surface area contributed by atoms with Crippen molar-refractivity contribution in [2.45, 2.75) is 0 Å². The maximum Gasteiger partial charge on any atom is 0.161 e. The summed E-state index contributed by atoms with van der Waals surface area (Å²) in [4.78, 5) is 0. The van der Waals surface area contributed by atoms with E-state index < -0.39 is 23.3 Å². The van der Waals surface area contributed by atoms with Crippen molar-refractivity contribution in [3.8, 4) is 16.8 Å². The summed E-state index contributed by atoms with van der Waals surface area (Å²) in [5, 5.41) is 3.86. The van der Waals surface area contributed by atoms with Crippen molar-refractivity contribution in [3.05, 3.63) is 72.1 Å². The highest BCUT2D eigenvalue weighted by Gasteiger charge is 2.13. The summed E-state index contributed by atoms with van der Waals surface area (Å²) < 4.78 is 54.5. The second-order valence-electron chi connectivity index (χ2n) is 4.37. The van der Waals surface area contributed by atoms with Gasteiger partial charge in [-0.3, -0.25) is 0 Å². The van der Waals surface area contributed by atoms with Crippen LogP contribution in [0.25, 0.3) is 16.8 Å². The van der Waals surface area contributed by atoms with Crippen molar-refractivity contribution < 1.29 is 17.6 Å². The Balaban J connectivity index is 2.07. The highest BCUT2D eigenvalue weighted by atomic mass is 19.2. The molecule has 1 heterocycles. The summed E-state index contributed by atoms with van der Waals surface area (Å²) in [5.74, 6) is -3.88. The van der Waals surface area contributed by atoms with E-state index in [1.165, 1.54) is 30.6 Å². The van der Waals surface area contributed by atoms with Gasteiger partial charge in [0.25, 0.3) is 0 Å². The van der Waals surface area contributed by atoms with Crippen LogP contribution in [0.3, 0.4) is 0 Å². The van der Waals surface area contributed by atoms with Gasteiger partial charge in [-0.15, -0.1) is 0 Å². The van der Waals surface area contributed by atoms with Crippen LogP contribution < -0.4 is 0 Å².